The summed E-state index contributed by atoms with van der Waals surface area (Å²) in [6.07, 6.45) is 16.1. The summed E-state index contributed by atoms with van der Waals surface area (Å²) >= 11 is 7.43. The van der Waals surface area contributed by atoms with Crippen LogP contribution in [0.4, 0.5) is 0 Å². The average molecular weight is 1730 g/mol. The first-order chi connectivity index (χ1) is 58.1. The number of aromatic nitrogens is 7. The standard InChI is InChI=1S/C49H45Br2N7O6.C43H42N6O6/c50-42-19-34(5-1-2-15-59)46(61-28-32-17-30(21-52)23-55-25-32)57-48(42)63-44-12-10-38-36(6-3-8-40(38)44)37-7-4-9-41-39(37)11-13-45(41)64-49-43(51)20-35(27-54-14-16-60)47(58-49)62-29-33-18-31(22-53)24-56-26-33;1-26-30(6-4-7-31(26)36-13-11-35(41(48-36)53-3)39-46-18-19-47-39)32-8-5-9-34-33(32)12-14-37(34)55-38-15-10-29(16-17-43(2,25-50)42(51)52)40(49-38)54-24-28-20-27(21-44)22-45-23-28/h3-4,6-9,17-20,23-26,44-45,54,59-60H,1-2,5,10-16,27-29H2;4-11,13,15,20,22-23,37,50H,12,14,16-19,24-25H2,1-3H3,(H,46,47)(H,51,52)/t44-,45-;37-,43-/m00/s1. The van der Waals surface area contributed by atoms with Crippen molar-refractivity contribution < 1.29 is 58.4 Å². The number of nitrogens with one attached hydrogen (secondary N) is 2. The van der Waals surface area contributed by atoms with Crippen LogP contribution in [0, 0.1) is 46.3 Å². The zero-order chi connectivity index (χ0) is 82.9. The van der Waals surface area contributed by atoms with Gasteiger partial charge in [0.25, 0.3) is 0 Å². The van der Waals surface area contributed by atoms with Gasteiger partial charge >= 0.3 is 5.97 Å². The molecule has 0 saturated heterocycles. The van der Waals surface area contributed by atoms with E-state index in [4.69, 9.17) is 53.1 Å². The van der Waals surface area contributed by atoms with E-state index in [1.807, 2.05) is 30.3 Å². The third-order valence-corrected chi connectivity index (χ3v) is 22.8. The van der Waals surface area contributed by atoms with Crippen molar-refractivity contribution >= 4 is 43.7 Å². The van der Waals surface area contributed by atoms with E-state index in [1.54, 1.807) is 50.0 Å². The Balaban J connectivity index is 0.000000197. The lowest BCUT2D eigenvalue weighted by atomic mass is 9.85. The van der Waals surface area contributed by atoms with Crippen LogP contribution in [0.25, 0.3) is 33.5 Å². The van der Waals surface area contributed by atoms with E-state index in [2.05, 4.69) is 160 Å². The quantitative estimate of drug-likeness (QED) is 0.0208. The third kappa shape index (κ3) is 19.5. The summed E-state index contributed by atoms with van der Waals surface area (Å²) in [5.41, 5.74) is 19.9. The van der Waals surface area contributed by atoms with Crippen LogP contribution < -0.4 is 43.8 Å². The lowest BCUT2D eigenvalue weighted by Crippen LogP contribution is -2.32. The Hall–Kier alpha value is -12.3. The number of aryl methyl sites for hydroxylation is 2. The minimum absolute atomic E-state index is 0.00218. The number of halogens is 2. The number of carboxylic acids is 1. The summed E-state index contributed by atoms with van der Waals surface area (Å²) in [5.74, 6) is 2.57. The monoisotopic (exact) mass is 1720 g/mol. The molecule has 0 fully saturated rings. The van der Waals surface area contributed by atoms with Crippen molar-refractivity contribution in [3.05, 3.63) is 268 Å². The molecule has 27 heteroatoms. The van der Waals surface area contributed by atoms with Gasteiger partial charge in [0.15, 0.2) is 0 Å². The lowest BCUT2D eigenvalue weighted by molar-refractivity contribution is -0.150. The Bertz CT molecular complexity index is 5550. The maximum atomic E-state index is 11.9. The summed E-state index contributed by atoms with van der Waals surface area (Å²) in [6, 6.07) is 48.5. The van der Waals surface area contributed by atoms with Crippen LogP contribution in [0.15, 0.2) is 179 Å². The minimum Gasteiger partial charge on any atom is -0.481 e. The molecule has 0 unspecified atom stereocenters. The highest BCUT2D eigenvalue weighted by Gasteiger charge is 2.36. The second-order valence-electron chi connectivity index (χ2n) is 29.6. The maximum absolute atomic E-state index is 11.9. The number of carboxylic acid groups (broad SMARTS) is 1. The van der Waals surface area contributed by atoms with Crippen molar-refractivity contribution in [3.8, 4) is 92.9 Å². The van der Waals surface area contributed by atoms with Gasteiger partial charge in [-0.15, -0.1) is 0 Å². The Morgan fingerprint density at radius 1 is 0.546 bits per heavy atom. The highest BCUT2D eigenvalue weighted by atomic mass is 79.9. The maximum Gasteiger partial charge on any atom is 0.311 e. The highest BCUT2D eigenvalue weighted by molar-refractivity contribution is 9.11. The molecular formula is C92H87Br2N13O12. The number of aliphatic hydroxyl groups is 3. The van der Waals surface area contributed by atoms with E-state index in [9.17, 15) is 41.0 Å². The van der Waals surface area contributed by atoms with E-state index in [0.29, 0.717) is 99.9 Å². The van der Waals surface area contributed by atoms with Gasteiger partial charge in [-0.1, -0.05) is 72.8 Å². The number of fused-ring (bicyclic) bond motifs is 3. The van der Waals surface area contributed by atoms with Gasteiger partial charge in [0, 0.05) is 108 Å². The number of nitrogens with zero attached hydrogens (tertiary/aromatic N) is 11. The molecule has 0 bridgehead atoms. The van der Waals surface area contributed by atoms with E-state index in [0.717, 1.165) is 141 Å². The van der Waals surface area contributed by atoms with Crippen molar-refractivity contribution in [1.82, 2.24) is 45.5 Å². The van der Waals surface area contributed by atoms with E-state index in [-0.39, 0.29) is 63.6 Å². The molecule has 8 heterocycles. The first-order valence-corrected chi connectivity index (χ1v) is 41.0. The van der Waals surface area contributed by atoms with Crippen LogP contribution in [0.3, 0.4) is 0 Å². The number of methoxy groups -OCH3 is 1. The molecule has 25 nitrogen and oxygen atoms in total. The predicted octanol–water partition coefficient (Wildman–Crippen LogP) is 15.3. The zero-order valence-electron chi connectivity index (χ0n) is 65.9. The Labute approximate surface area is 706 Å². The fourth-order valence-electron chi connectivity index (χ4n) is 15.4. The lowest BCUT2D eigenvalue weighted by Gasteiger charge is -2.22. The second kappa shape index (κ2) is 38.9. The molecule has 15 rings (SSSR count). The molecule has 119 heavy (non-hydrogen) atoms. The van der Waals surface area contributed by atoms with Crippen molar-refractivity contribution in [2.75, 3.05) is 46.6 Å². The number of aliphatic carboxylic acids is 1. The Kier molecular flexibility index (Phi) is 27.2. The molecule has 0 amide bonds. The average Bonchev–Trinajstić information content (AvgIpc) is 1.63. The number of nitriles is 3. The van der Waals surface area contributed by atoms with Crippen LogP contribution in [-0.4, -0.2) is 114 Å². The first kappa shape index (κ1) is 83.2. The summed E-state index contributed by atoms with van der Waals surface area (Å²) in [5, 5.41) is 72.9. The number of carbonyl (C=O) groups is 1. The molecule has 6 N–H and O–H groups in total. The largest absolute Gasteiger partial charge is 0.481 e. The van der Waals surface area contributed by atoms with Crippen molar-refractivity contribution in [3.63, 3.8) is 0 Å². The molecule has 0 spiro atoms. The van der Waals surface area contributed by atoms with Gasteiger partial charge in [0.1, 0.15) is 62.2 Å². The molecular weight excluding hydrogens is 1640 g/mol. The number of hydrogen-bond acceptors (Lipinski definition) is 24. The molecule has 3 aliphatic carbocycles. The van der Waals surface area contributed by atoms with Gasteiger partial charge in [-0.25, -0.2) is 4.98 Å². The molecule has 4 aromatic carbocycles. The van der Waals surface area contributed by atoms with Gasteiger partial charge in [0.2, 0.25) is 41.2 Å². The SMILES string of the molecule is COc1nc(-c2cccc(-c3cccc4c3CC[C@@H]4Oc3ccc(CC[C@@](C)(CO)C(=O)O)c(OCc4cncc(C#N)c4)n3)c2C)ccc1C1=NCCN1.N#Cc1cncc(COc2nc(O[C@H]3CCc4c(-c5cccc6c5CC[C@@H]6Oc5nc(OCc6cncc(C#N)c6)c(CNCCO)cc5Br)cccc43)c(Br)cc2CCCCO)c1. The number of benzene rings is 4. The number of amidine groups is 1. The van der Waals surface area contributed by atoms with Gasteiger partial charge < -0.3 is 64.2 Å². The van der Waals surface area contributed by atoms with Crippen molar-refractivity contribution in [2.45, 2.75) is 129 Å². The third-order valence-electron chi connectivity index (χ3n) is 21.6. The molecule has 7 aromatic heterocycles. The van der Waals surface area contributed by atoms with Crippen molar-refractivity contribution in [2.24, 2.45) is 10.4 Å². The van der Waals surface area contributed by atoms with Crippen LogP contribution in [0.1, 0.15) is 158 Å². The summed E-state index contributed by atoms with van der Waals surface area (Å²) in [6.45, 7) is 6.04. The van der Waals surface area contributed by atoms with Crippen LogP contribution in [0.2, 0.25) is 0 Å². The summed E-state index contributed by atoms with van der Waals surface area (Å²) in [7, 11) is 1.63. The highest BCUT2D eigenvalue weighted by Crippen LogP contribution is 2.48. The van der Waals surface area contributed by atoms with Gasteiger partial charge in [-0.05, 0) is 226 Å². The normalized spacial score (nSPS) is 15.2. The van der Waals surface area contributed by atoms with E-state index < -0.39 is 18.0 Å². The molecule has 1 aliphatic heterocycles. The van der Waals surface area contributed by atoms with Crippen LogP contribution in [-0.2, 0) is 63.3 Å². The van der Waals surface area contributed by atoms with E-state index in [1.165, 1.54) is 53.3 Å². The fraction of sp³-hybridized carbons (Fsp3) is 0.304. The number of aliphatic imine (C=N–C) groups is 1. The van der Waals surface area contributed by atoms with Crippen LogP contribution in [0.5, 0.6) is 41.2 Å². The molecule has 0 saturated carbocycles. The van der Waals surface area contributed by atoms with Crippen molar-refractivity contribution in [1.29, 1.82) is 15.8 Å². The van der Waals surface area contributed by atoms with Gasteiger partial charge in [-0.3, -0.25) is 24.7 Å². The molecule has 0 radical (unpaired) electrons. The molecule has 4 atom stereocenters. The molecule has 11 aromatic rings. The molecule has 606 valence electrons. The topological polar surface area (TPSA) is 361 Å². The molecule has 4 aliphatic rings. The fourth-order valence-corrected chi connectivity index (χ4v) is 16.3. The summed E-state index contributed by atoms with van der Waals surface area (Å²) < 4.78 is 45.7. The summed E-state index contributed by atoms with van der Waals surface area (Å²) in [4.78, 5) is 48.2. The minimum atomic E-state index is -1.32. The second-order valence-corrected chi connectivity index (χ2v) is 31.3. The smallest absolute Gasteiger partial charge is 0.311 e. The van der Waals surface area contributed by atoms with Gasteiger partial charge in [-0.2, -0.15) is 30.7 Å². The number of pyridine rings is 7. The number of ether oxygens (including phenoxy) is 7. The number of unbranched alkanes of at least 4 members (excludes halogenated alkanes) is 1. The Morgan fingerprint density at radius 3 is 1.55 bits per heavy atom. The first-order valence-electron chi connectivity index (χ1n) is 39.4. The van der Waals surface area contributed by atoms with Gasteiger partial charge in [0.05, 0.1) is 69.2 Å². The zero-order valence-corrected chi connectivity index (χ0v) is 69.1. The number of aliphatic hydroxyl groups excluding tert-OH is 3. The van der Waals surface area contributed by atoms with E-state index >= 15 is 0 Å². The predicted molar refractivity (Wildman–Crippen MR) is 451 cm³/mol. The van der Waals surface area contributed by atoms with Crippen LogP contribution >= 0.6 is 31.9 Å². The Morgan fingerprint density at radius 2 is 1.05 bits per heavy atom. The number of hydrogen-bond donors (Lipinski definition) is 6. The number of rotatable bonds is 33.